The lowest BCUT2D eigenvalue weighted by Gasteiger charge is -2.36. The summed E-state index contributed by atoms with van der Waals surface area (Å²) in [5, 5.41) is 3.54. The van der Waals surface area contributed by atoms with Crippen LogP contribution in [0, 0.1) is 11.3 Å². The van der Waals surface area contributed by atoms with Gasteiger partial charge in [0, 0.05) is 11.0 Å². The summed E-state index contributed by atoms with van der Waals surface area (Å²) >= 11 is 1.52. The maximum absolute atomic E-state index is 12.7. The topological polar surface area (TPSA) is 55.4 Å². The number of anilines is 1. The maximum atomic E-state index is 12.7. The first kappa shape index (κ1) is 24.2. The van der Waals surface area contributed by atoms with Crippen molar-refractivity contribution in [3.8, 4) is 0 Å². The molecule has 1 aliphatic carbocycles. The third kappa shape index (κ3) is 5.32. The van der Waals surface area contributed by atoms with Gasteiger partial charge >= 0.3 is 5.97 Å². The summed E-state index contributed by atoms with van der Waals surface area (Å²) < 4.78 is 5.06. The fourth-order valence-electron chi connectivity index (χ4n) is 4.27. The van der Waals surface area contributed by atoms with Crippen LogP contribution in [0.1, 0.15) is 85.3 Å². The molecule has 1 heterocycles. The van der Waals surface area contributed by atoms with E-state index in [4.69, 9.17) is 4.74 Å². The first-order chi connectivity index (χ1) is 15.2. The number of hydrogen-bond donors (Lipinski definition) is 1. The molecular formula is C27H35NO3S. The van der Waals surface area contributed by atoms with Gasteiger partial charge in [0.2, 0.25) is 5.91 Å². The summed E-state index contributed by atoms with van der Waals surface area (Å²) in [5.74, 6) is 0.424. The first-order valence-corrected chi connectivity index (χ1v) is 12.3. The highest BCUT2D eigenvalue weighted by atomic mass is 32.1. The zero-order valence-electron chi connectivity index (χ0n) is 20.1. The van der Waals surface area contributed by atoms with Crippen LogP contribution in [0.15, 0.2) is 30.3 Å². The van der Waals surface area contributed by atoms with Crippen LogP contribution in [0.3, 0.4) is 0 Å². The Morgan fingerprint density at radius 3 is 2.53 bits per heavy atom. The molecule has 0 aliphatic heterocycles. The molecule has 5 heteroatoms. The molecule has 3 rings (SSSR count). The van der Waals surface area contributed by atoms with E-state index in [9.17, 15) is 9.59 Å². The van der Waals surface area contributed by atoms with E-state index in [0.717, 1.165) is 36.8 Å². The van der Waals surface area contributed by atoms with Crippen LogP contribution in [-0.4, -0.2) is 19.0 Å². The third-order valence-corrected chi connectivity index (χ3v) is 8.11. The molecule has 0 fully saturated rings. The standard InChI is InChI=1S/C27H35NO3S/c1-7-27(4,5)20-13-14-21-22(16-20)32-25(24(21)26(30)31-6)28-23(29)15-10-18-8-11-19(12-9-18)17(2)3/h8-12,15,17,20H,7,13-14,16H2,1-6H3,(H,28,29). The van der Waals surface area contributed by atoms with Crippen molar-refractivity contribution < 1.29 is 14.3 Å². The highest BCUT2D eigenvalue weighted by molar-refractivity contribution is 7.17. The van der Waals surface area contributed by atoms with Crippen molar-refractivity contribution in [1.82, 2.24) is 0 Å². The number of fused-ring (bicyclic) bond motifs is 1. The van der Waals surface area contributed by atoms with Crippen molar-refractivity contribution in [1.29, 1.82) is 0 Å². The van der Waals surface area contributed by atoms with Gasteiger partial charge in [-0.25, -0.2) is 4.79 Å². The van der Waals surface area contributed by atoms with Gasteiger partial charge in [-0.05, 0) is 59.3 Å². The highest BCUT2D eigenvalue weighted by Crippen LogP contribution is 2.45. The van der Waals surface area contributed by atoms with Gasteiger partial charge in [-0.15, -0.1) is 11.3 Å². The molecule has 172 valence electrons. The average Bonchev–Trinajstić information content (AvgIpc) is 3.14. The zero-order valence-corrected chi connectivity index (χ0v) is 20.9. The number of nitrogens with one attached hydrogen (secondary N) is 1. The number of methoxy groups -OCH3 is 1. The van der Waals surface area contributed by atoms with E-state index in [2.05, 4.69) is 52.1 Å². The predicted molar refractivity (Wildman–Crippen MR) is 133 cm³/mol. The summed E-state index contributed by atoms with van der Waals surface area (Å²) in [6, 6.07) is 8.19. The number of thiophene rings is 1. The van der Waals surface area contributed by atoms with Crippen LogP contribution in [0.4, 0.5) is 5.00 Å². The van der Waals surface area contributed by atoms with E-state index in [-0.39, 0.29) is 17.3 Å². The Kier molecular flexibility index (Phi) is 7.60. The number of rotatable bonds is 7. The van der Waals surface area contributed by atoms with E-state index in [0.29, 0.717) is 22.4 Å². The van der Waals surface area contributed by atoms with E-state index in [1.165, 1.54) is 35.0 Å². The van der Waals surface area contributed by atoms with Crippen molar-refractivity contribution in [3.05, 3.63) is 57.5 Å². The van der Waals surface area contributed by atoms with Crippen LogP contribution < -0.4 is 5.32 Å². The summed E-state index contributed by atoms with van der Waals surface area (Å²) in [6.07, 6.45) is 7.28. The second-order valence-electron chi connectivity index (χ2n) is 9.63. The van der Waals surface area contributed by atoms with Crippen LogP contribution in [-0.2, 0) is 22.4 Å². The molecule has 1 aromatic heterocycles. The monoisotopic (exact) mass is 453 g/mol. The van der Waals surface area contributed by atoms with Crippen LogP contribution in [0.5, 0.6) is 0 Å². The Morgan fingerprint density at radius 2 is 1.94 bits per heavy atom. The normalized spacial score (nSPS) is 16.3. The summed E-state index contributed by atoms with van der Waals surface area (Å²) in [4.78, 5) is 26.4. The fourth-order valence-corrected chi connectivity index (χ4v) is 5.58. The lowest BCUT2D eigenvalue weighted by molar-refractivity contribution is -0.111. The van der Waals surface area contributed by atoms with Crippen molar-refractivity contribution >= 4 is 34.3 Å². The summed E-state index contributed by atoms with van der Waals surface area (Å²) in [7, 11) is 1.39. The predicted octanol–water partition coefficient (Wildman–Crippen LogP) is 6.85. The number of hydrogen-bond acceptors (Lipinski definition) is 4. The quantitative estimate of drug-likeness (QED) is 0.368. The SMILES string of the molecule is CCC(C)(C)C1CCc2c(sc(NC(=O)C=Cc3ccc(C(C)C)cc3)c2C(=O)OC)C1. The first-order valence-electron chi connectivity index (χ1n) is 11.5. The van der Waals surface area contributed by atoms with Gasteiger partial charge in [0.05, 0.1) is 12.7 Å². The molecule has 0 saturated carbocycles. The Balaban J connectivity index is 1.80. The van der Waals surface area contributed by atoms with Crippen LogP contribution in [0.25, 0.3) is 6.08 Å². The Morgan fingerprint density at radius 1 is 1.25 bits per heavy atom. The molecule has 0 radical (unpaired) electrons. The van der Waals surface area contributed by atoms with Crippen LogP contribution >= 0.6 is 11.3 Å². The fraction of sp³-hybridized carbons (Fsp3) is 0.481. The van der Waals surface area contributed by atoms with E-state index in [1.807, 2.05) is 12.1 Å². The molecule has 1 aliphatic rings. The largest absolute Gasteiger partial charge is 0.465 e. The summed E-state index contributed by atoms with van der Waals surface area (Å²) in [5.41, 5.74) is 4.07. The molecular weight excluding hydrogens is 418 g/mol. The van der Waals surface area contributed by atoms with Crippen molar-refractivity contribution in [2.75, 3.05) is 12.4 Å². The van der Waals surface area contributed by atoms with Gasteiger partial charge < -0.3 is 10.1 Å². The maximum Gasteiger partial charge on any atom is 0.341 e. The Hall–Kier alpha value is -2.40. The molecule has 0 spiro atoms. The van der Waals surface area contributed by atoms with Gasteiger partial charge in [-0.2, -0.15) is 0 Å². The average molecular weight is 454 g/mol. The molecule has 0 bridgehead atoms. The molecule has 32 heavy (non-hydrogen) atoms. The summed E-state index contributed by atoms with van der Waals surface area (Å²) in [6.45, 7) is 11.2. The second kappa shape index (κ2) is 10.0. The number of amides is 1. The van der Waals surface area contributed by atoms with E-state index < -0.39 is 0 Å². The molecule has 1 N–H and O–H groups in total. The lowest BCUT2D eigenvalue weighted by atomic mass is 9.69. The number of ether oxygens (including phenoxy) is 1. The third-order valence-electron chi connectivity index (χ3n) is 6.94. The Bertz CT molecular complexity index is 999. The minimum Gasteiger partial charge on any atom is -0.465 e. The molecule has 4 nitrogen and oxygen atoms in total. The highest BCUT2D eigenvalue weighted by Gasteiger charge is 2.35. The van der Waals surface area contributed by atoms with Crippen molar-refractivity contribution in [2.24, 2.45) is 11.3 Å². The van der Waals surface area contributed by atoms with Gasteiger partial charge in [-0.1, -0.05) is 65.3 Å². The van der Waals surface area contributed by atoms with E-state index in [1.54, 1.807) is 6.08 Å². The van der Waals surface area contributed by atoms with Gasteiger partial charge in [0.25, 0.3) is 0 Å². The zero-order chi connectivity index (χ0) is 23.5. The number of benzene rings is 1. The molecule has 1 aromatic carbocycles. The minimum absolute atomic E-state index is 0.243. The number of carbonyl (C=O) groups excluding carboxylic acids is 2. The van der Waals surface area contributed by atoms with Gasteiger partial charge in [0.15, 0.2) is 0 Å². The van der Waals surface area contributed by atoms with Crippen LogP contribution in [0.2, 0.25) is 0 Å². The Labute approximate surface area is 196 Å². The number of esters is 1. The second-order valence-corrected chi connectivity index (χ2v) is 10.7. The minimum atomic E-state index is -0.376. The van der Waals surface area contributed by atoms with Gasteiger partial charge in [0.1, 0.15) is 5.00 Å². The molecule has 2 aromatic rings. The molecule has 1 atom stereocenters. The van der Waals surface area contributed by atoms with Gasteiger partial charge in [-0.3, -0.25) is 4.79 Å². The molecule has 1 amide bonds. The van der Waals surface area contributed by atoms with E-state index >= 15 is 0 Å². The molecule has 1 unspecified atom stereocenters. The smallest absolute Gasteiger partial charge is 0.341 e. The van der Waals surface area contributed by atoms with Crippen molar-refractivity contribution in [2.45, 2.75) is 66.2 Å². The van der Waals surface area contributed by atoms with Crippen molar-refractivity contribution in [3.63, 3.8) is 0 Å². The number of carbonyl (C=O) groups is 2. The lowest BCUT2D eigenvalue weighted by Crippen LogP contribution is -2.28. The molecule has 0 saturated heterocycles.